The van der Waals surface area contributed by atoms with Crippen LogP contribution in [0.25, 0.3) is 10.1 Å². The molecule has 0 unspecified atom stereocenters. The second-order valence-electron chi connectivity index (χ2n) is 6.28. The summed E-state index contributed by atoms with van der Waals surface area (Å²) in [6.07, 6.45) is 3.62. The molecular formula is C22H23ClN2O3S. The molecule has 1 heterocycles. The Morgan fingerprint density at radius 1 is 1.17 bits per heavy atom. The number of thiophene rings is 1. The first-order valence-corrected chi connectivity index (χ1v) is 10.7. The molecule has 0 atom stereocenters. The Balaban J connectivity index is 1.69. The summed E-state index contributed by atoms with van der Waals surface area (Å²) in [7, 11) is 0. The minimum Gasteiger partial charge on any atom is -0.490 e. The number of halogens is 1. The van der Waals surface area contributed by atoms with E-state index in [1.807, 2.05) is 49.4 Å². The molecule has 1 aromatic heterocycles. The number of ether oxygens (including phenoxy) is 2. The van der Waals surface area contributed by atoms with Crippen LogP contribution in [0.1, 0.15) is 41.9 Å². The highest BCUT2D eigenvalue weighted by atomic mass is 35.5. The van der Waals surface area contributed by atoms with Crippen LogP contribution in [0, 0.1) is 0 Å². The molecule has 5 nitrogen and oxygen atoms in total. The number of unbranched alkanes of at least 4 members (excludes halogenated alkanes) is 1. The summed E-state index contributed by atoms with van der Waals surface area (Å²) in [5.41, 5.74) is 3.33. The lowest BCUT2D eigenvalue weighted by molar-refractivity contribution is 0.0959. The van der Waals surface area contributed by atoms with Crippen LogP contribution in [0.5, 0.6) is 11.5 Å². The summed E-state index contributed by atoms with van der Waals surface area (Å²) >= 11 is 7.68. The summed E-state index contributed by atoms with van der Waals surface area (Å²) in [6, 6.07) is 13.2. The average Bonchev–Trinajstić information content (AvgIpc) is 3.07. The number of carbonyl (C=O) groups excluding carboxylic acids is 1. The van der Waals surface area contributed by atoms with Crippen molar-refractivity contribution in [1.82, 2.24) is 5.43 Å². The van der Waals surface area contributed by atoms with Crippen molar-refractivity contribution >= 4 is 45.1 Å². The van der Waals surface area contributed by atoms with Crippen molar-refractivity contribution in [3.63, 3.8) is 0 Å². The highest BCUT2D eigenvalue weighted by Crippen LogP contribution is 2.35. The van der Waals surface area contributed by atoms with Gasteiger partial charge in [0.1, 0.15) is 4.88 Å². The average molecular weight is 431 g/mol. The van der Waals surface area contributed by atoms with E-state index in [2.05, 4.69) is 17.5 Å². The van der Waals surface area contributed by atoms with Crippen LogP contribution < -0.4 is 14.9 Å². The first-order valence-electron chi connectivity index (χ1n) is 9.54. The number of hydrogen-bond donors (Lipinski definition) is 1. The van der Waals surface area contributed by atoms with Crippen molar-refractivity contribution in [2.24, 2.45) is 5.10 Å². The minimum atomic E-state index is -0.336. The van der Waals surface area contributed by atoms with E-state index < -0.39 is 0 Å². The fourth-order valence-corrected chi connectivity index (χ4v) is 4.10. The molecule has 2 aromatic carbocycles. The van der Waals surface area contributed by atoms with Gasteiger partial charge in [-0.15, -0.1) is 11.3 Å². The summed E-state index contributed by atoms with van der Waals surface area (Å²) in [5.74, 6) is 1.03. The molecule has 0 bridgehead atoms. The van der Waals surface area contributed by atoms with E-state index in [-0.39, 0.29) is 5.91 Å². The van der Waals surface area contributed by atoms with Crippen LogP contribution in [0.15, 0.2) is 47.6 Å². The molecule has 0 spiro atoms. The van der Waals surface area contributed by atoms with Gasteiger partial charge in [-0.25, -0.2) is 5.43 Å². The molecule has 3 rings (SSSR count). The number of rotatable bonds is 9. The molecule has 152 valence electrons. The Labute approximate surface area is 179 Å². The van der Waals surface area contributed by atoms with E-state index in [9.17, 15) is 4.79 Å². The Kier molecular flexibility index (Phi) is 7.49. The Hall–Kier alpha value is -2.57. The first-order chi connectivity index (χ1) is 14.1. The highest BCUT2D eigenvalue weighted by Gasteiger charge is 2.16. The van der Waals surface area contributed by atoms with Gasteiger partial charge in [-0.1, -0.05) is 43.1 Å². The normalized spacial score (nSPS) is 11.1. The number of nitrogens with one attached hydrogen (secondary N) is 1. The largest absolute Gasteiger partial charge is 0.490 e. The topological polar surface area (TPSA) is 59.9 Å². The number of hydrogen-bond acceptors (Lipinski definition) is 5. The Bertz CT molecular complexity index is 1020. The van der Waals surface area contributed by atoms with Gasteiger partial charge in [0.25, 0.3) is 5.91 Å². The Morgan fingerprint density at radius 3 is 2.76 bits per heavy atom. The lowest BCUT2D eigenvalue weighted by atomic mass is 10.2. The van der Waals surface area contributed by atoms with Gasteiger partial charge in [0.2, 0.25) is 0 Å². The molecule has 0 radical (unpaired) electrons. The monoisotopic (exact) mass is 430 g/mol. The zero-order valence-electron chi connectivity index (χ0n) is 16.4. The van der Waals surface area contributed by atoms with Gasteiger partial charge in [0.05, 0.1) is 24.5 Å². The van der Waals surface area contributed by atoms with Crippen molar-refractivity contribution in [3.8, 4) is 11.5 Å². The summed E-state index contributed by atoms with van der Waals surface area (Å²) in [5, 5.41) is 5.38. The number of carbonyl (C=O) groups is 1. The van der Waals surface area contributed by atoms with Gasteiger partial charge >= 0.3 is 0 Å². The van der Waals surface area contributed by atoms with E-state index >= 15 is 0 Å². The summed E-state index contributed by atoms with van der Waals surface area (Å²) < 4.78 is 12.4. The van der Waals surface area contributed by atoms with Crippen LogP contribution in [0.2, 0.25) is 5.02 Å². The third-order valence-electron chi connectivity index (χ3n) is 4.14. The maximum atomic E-state index is 12.5. The summed E-state index contributed by atoms with van der Waals surface area (Å²) in [4.78, 5) is 12.9. The lowest BCUT2D eigenvalue weighted by Crippen LogP contribution is -2.16. The summed E-state index contributed by atoms with van der Waals surface area (Å²) in [6.45, 7) is 5.22. The van der Waals surface area contributed by atoms with E-state index in [0.29, 0.717) is 34.6 Å². The first kappa shape index (κ1) is 21.1. The zero-order chi connectivity index (χ0) is 20.6. The number of amides is 1. The van der Waals surface area contributed by atoms with Crippen LogP contribution >= 0.6 is 22.9 Å². The molecular weight excluding hydrogens is 408 g/mol. The molecule has 7 heteroatoms. The smallest absolute Gasteiger partial charge is 0.283 e. The third-order valence-corrected chi connectivity index (χ3v) is 5.82. The third kappa shape index (κ3) is 5.28. The molecule has 0 aliphatic carbocycles. The van der Waals surface area contributed by atoms with Crippen LogP contribution in [-0.4, -0.2) is 25.3 Å². The number of fused-ring (bicyclic) bond motifs is 1. The van der Waals surface area contributed by atoms with Gasteiger partial charge in [0, 0.05) is 10.1 Å². The molecule has 1 amide bonds. The van der Waals surface area contributed by atoms with Crippen molar-refractivity contribution in [2.45, 2.75) is 26.7 Å². The second-order valence-corrected chi connectivity index (χ2v) is 7.71. The molecule has 3 aromatic rings. The fraction of sp³-hybridized carbons (Fsp3) is 0.273. The number of benzene rings is 2. The van der Waals surface area contributed by atoms with Gasteiger partial charge in [0.15, 0.2) is 11.5 Å². The van der Waals surface area contributed by atoms with E-state index in [4.69, 9.17) is 21.1 Å². The van der Waals surface area contributed by atoms with Crippen molar-refractivity contribution in [1.29, 1.82) is 0 Å². The van der Waals surface area contributed by atoms with Gasteiger partial charge < -0.3 is 9.47 Å². The van der Waals surface area contributed by atoms with Crippen molar-refractivity contribution in [2.75, 3.05) is 13.2 Å². The molecule has 0 saturated carbocycles. The fourth-order valence-electron chi connectivity index (χ4n) is 2.70. The van der Waals surface area contributed by atoms with Gasteiger partial charge in [-0.2, -0.15) is 5.10 Å². The zero-order valence-corrected chi connectivity index (χ0v) is 18.0. The molecule has 0 aliphatic heterocycles. The maximum absolute atomic E-state index is 12.5. The van der Waals surface area contributed by atoms with Crippen LogP contribution in [0.4, 0.5) is 0 Å². The van der Waals surface area contributed by atoms with Crippen molar-refractivity contribution in [3.05, 3.63) is 57.9 Å². The van der Waals surface area contributed by atoms with Crippen LogP contribution in [0.3, 0.4) is 0 Å². The quantitative estimate of drug-likeness (QED) is 0.261. The van der Waals surface area contributed by atoms with E-state index in [0.717, 1.165) is 28.5 Å². The predicted octanol–water partition coefficient (Wildman–Crippen LogP) is 5.90. The molecule has 1 N–H and O–H groups in total. The molecule has 29 heavy (non-hydrogen) atoms. The SMILES string of the molecule is CCCCOc1ccc(/C=N/NC(=O)c2sc3ccccc3c2Cl)cc1OCC. The standard InChI is InChI=1S/C22H23ClN2O3S/c1-3-5-12-28-17-11-10-15(13-18(17)27-4-2)14-24-25-22(26)21-20(23)16-8-6-7-9-19(16)29-21/h6-11,13-14H,3-5,12H2,1-2H3,(H,25,26)/b24-14+. The molecule has 0 saturated heterocycles. The van der Waals surface area contributed by atoms with Crippen molar-refractivity contribution < 1.29 is 14.3 Å². The van der Waals surface area contributed by atoms with E-state index in [1.165, 1.54) is 11.3 Å². The Morgan fingerprint density at radius 2 is 2.00 bits per heavy atom. The predicted molar refractivity (Wildman–Crippen MR) is 120 cm³/mol. The maximum Gasteiger partial charge on any atom is 0.283 e. The number of hydrazone groups is 1. The van der Waals surface area contributed by atoms with Gasteiger partial charge in [-0.05, 0) is 43.2 Å². The van der Waals surface area contributed by atoms with Crippen LogP contribution in [-0.2, 0) is 0 Å². The molecule has 0 aliphatic rings. The highest BCUT2D eigenvalue weighted by molar-refractivity contribution is 7.21. The molecule has 0 fully saturated rings. The minimum absolute atomic E-state index is 0.336. The second kappa shape index (κ2) is 10.3. The number of nitrogens with zero attached hydrogens (tertiary/aromatic N) is 1. The lowest BCUT2D eigenvalue weighted by Gasteiger charge is -2.12. The van der Waals surface area contributed by atoms with Gasteiger partial charge in [-0.3, -0.25) is 4.79 Å². The van der Waals surface area contributed by atoms with E-state index in [1.54, 1.807) is 6.21 Å².